The number of hydrogen-bond donors (Lipinski definition) is 1. The Morgan fingerprint density at radius 1 is 1.33 bits per heavy atom. The van der Waals surface area contributed by atoms with Gasteiger partial charge in [0.2, 0.25) is 0 Å². The Bertz CT molecular complexity index is 316. The second kappa shape index (κ2) is 4.26. The quantitative estimate of drug-likeness (QED) is 0.725. The van der Waals surface area contributed by atoms with Crippen LogP contribution in [-0.4, -0.2) is 9.97 Å². The van der Waals surface area contributed by atoms with E-state index in [1.807, 2.05) is 26.0 Å². The number of halogens is 1. The van der Waals surface area contributed by atoms with Crippen molar-refractivity contribution in [1.29, 1.82) is 0 Å². The lowest BCUT2D eigenvalue weighted by Gasteiger charge is -1.85. The lowest BCUT2D eigenvalue weighted by atomic mass is 10.3. The van der Waals surface area contributed by atoms with E-state index < -0.39 is 0 Å². The Morgan fingerprint density at radius 3 is 2.83 bits per heavy atom. The van der Waals surface area contributed by atoms with Crippen molar-refractivity contribution >= 4 is 15.9 Å². The normalized spacial score (nSPS) is 9.25. The van der Waals surface area contributed by atoms with E-state index in [1.165, 1.54) is 5.56 Å². The number of aromatic amines is 1. The van der Waals surface area contributed by atoms with Crippen molar-refractivity contribution < 1.29 is 0 Å². The topological polar surface area (TPSA) is 28.7 Å². The van der Waals surface area contributed by atoms with E-state index in [4.69, 9.17) is 0 Å². The summed E-state index contributed by atoms with van der Waals surface area (Å²) in [4.78, 5) is 7.13. The molecule has 1 rings (SSSR count). The first-order valence-electron chi connectivity index (χ1n) is 3.70. The van der Waals surface area contributed by atoms with E-state index in [-0.39, 0.29) is 0 Å². The zero-order valence-electron chi connectivity index (χ0n) is 7.13. The molecule has 0 saturated heterocycles. The van der Waals surface area contributed by atoms with Gasteiger partial charge in [-0.3, -0.25) is 0 Å². The van der Waals surface area contributed by atoms with Gasteiger partial charge in [-0.05, 0) is 47.5 Å². The van der Waals surface area contributed by atoms with Crippen LogP contribution in [0.25, 0.3) is 0 Å². The average molecular weight is 227 g/mol. The molecule has 0 bridgehead atoms. The van der Waals surface area contributed by atoms with Gasteiger partial charge >= 0.3 is 0 Å². The summed E-state index contributed by atoms with van der Waals surface area (Å²) in [5.41, 5.74) is 2.28. The number of nitrogens with one attached hydrogen (secondary N) is 1. The Kier molecular flexibility index (Phi) is 3.29. The number of aryl methyl sites for hydroxylation is 2. The molecule has 2 nitrogen and oxygen atoms in total. The van der Waals surface area contributed by atoms with Crippen LogP contribution < -0.4 is 0 Å². The summed E-state index contributed by atoms with van der Waals surface area (Å²) in [6, 6.07) is 5.99. The van der Waals surface area contributed by atoms with Crippen LogP contribution in [0.5, 0.6) is 0 Å². The molecule has 1 N–H and O–H groups in total. The van der Waals surface area contributed by atoms with Crippen molar-refractivity contribution in [3.8, 4) is 0 Å². The summed E-state index contributed by atoms with van der Waals surface area (Å²) in [6.45, 7) is 4.05. The predicted octanol–water partition coefficient (Wildman–Crippen LogP) is 2.91. The average Bonchev–Trinajstić information content (AvgIpc) is 2.05. The zero-order chi connectivity index (χ0) is 8.97. The number of nitrogens with zero attached hydrogens (tertiary/aromatic N) is 1. The van der Waals surface area contributed by atoms with Gasteiger partial charge in [0.05, 0.1) is 6.33 Å². The molecule has 0 radical (unpaired) electrons. The third-order valence-corrected chi connectivity index (χ3v) is 1.88. The zero-order valence-corrected chi connectivity index (χ0v) is 8.72. The molecule has 1 aromatic heterocycles. The molecule has 0 unspecified atom stereocenters. The molecule has 3 heteroatoms. The molecule has 0 saturated carbocycles. The SMILES string of the molecule is Cc1ccc(Br)nc[nH]c(C)c1. The van der Waals surface area contributed by atoms with Crippen molar-refractivity contribution in [1.82, 2.24) is 9.97 Å². The maximum absolute atomic E-state index is 4.08. The number of hydrogen-bond acceptors (Lipinski definition) is 1. The Labute approximate surface area is 80.5 Å². The van der Waals surface area contributed by atoms with Gasteiger partial charge in [-0.2, -0.15) is 0 Å². The molecular formula is C9H11BrN2. The third-order valence-electron chi connectivity index (χ3n) is 1.41. The van der Waals surface area contributed by atoms with Crippen molar-refractivity contribution in [2.24, 2.45) is 0 Å². The van der Waals surface area contributed by atoms with E-state index in [2.05, 4.69) is 32.0 Å². The first-order valence-corrected chi connectivity index (χ1v) is 4.49. The summed E-state index contributed by atoms with van der Waals surface area (Å²) in [5, 5.41) is 0. The van der Waals surface area contributed by atoms with E-state index in [0.29, 0.717) is 0 Å². The highest BCUT2D eigenvalue weighted by Crippen LogP contribution is 2.02. The Hall–Kier alpha value is -0.830. The van der Waals surface area contributed by atoms with Crippen LogP contribution in [0.15, 0.2) is 29.1 Å². The lowest BCUT2D eigenvalue weighted by Crippen LogP contribution is -1.74. The molecule has 64 valence electrons. The predicted molar refractivity (Wildman–Crippen MR) is 53.4 cm³/mol. The minimum Gasteiger partial charge on any atom is -0.350 e. The highest BCUT2D eigenvalue weighted by atomic mass is 79.9. The van der Waals surface area contributed by atoms with Crippen LogP contribution in [0.2, 0.25) is 0 Å². The maximum atomic E-state index is 4.08. The fraction of sp³-hybridized carbons (Fsp3) is 0.222. The van der Waals surface area contributed by atoms with Gasteiger partial charge in [0, 0.05) is 5.69 Å². The Morgan fingerprint density at radius 2 is 2.08 bits per heavy atom. The van der Waals surface area contributed by atoms with Gasteiger partial charge in [0.15, 0.2) is 0 Å². The largest absolute Gasteiger partial charge is 0.350 e. The highest BCUT2D eigenvalue weighted by molar-refractivity contribution is 9.10. The van der Waals surface area contributed by atoms with E-state index in [1.54, 1.807) is 6.33 Å². The smallest absolute Gasteiger partial charge is 0.107 e. The van der Waals surface area contributed by atoms with Gasteiger partial charge in [-0.15, -0.1) is 0 Å². The molecule has 0 aromatic carbocycles. The van der Waals surface area contributed by atoms with Gasteiger partial charge in [0.25, 0.3) is 0 Å². The van der Waals surface area contributed by atoms with Crippen LogP contribution in [-0.2, 0) is 0 Å². The first-order chi connectivity index (χ1) is 5.68. The van der Waals surface area contributed by atoms with E-state index in [9.17, 15) is 0 Å². The fourth-order valence-corrected chi connectivity index (χ4v) is 1.10. The molecule has 0 spiro atoms. The molecule has 1 heterocycles. The van der Waals surface area contributed by atoms with Crippen molar-refractivity contribution in [2.45, 2.75) is 13.8 Å². The van der Waals surface area contributed by atoms with Crippen LogP contribution in [0.3, 0.4) is 0 Å². The summed E-state index contributed by atoms with van der Waals surface area (Å²) in [7, 11) is 0. The van der Waals surface area contributed by atoms with Crippen molar-refractivity contribution in [2.75, 3.05) is 0 Å². The summed E-state index contributed by atoms with van der Waals surface area (Å²) >= 11 is 3.31. The molecule has 0 aliphatic heterocycles. The second-order valence-corrected chi connectivity index (χ2v) is 3.44. The first kappa shape index (κ1) is 9.26. The molecular weight excluding hydrogens is 216 g/mol. The summed E-state index contributed by atoms with van der Waals surface area (Å²) < 4.78 is 0.817. The standard InChI is InChI=1S/C9H11BrN2/c1-7-3-4-9(10)12-6-11-8(2)5-7/h3-6H,1-2H3,(H,11,12). The van der Waals surface area contributed by atoms with Crippen LogP contribution in [0, 0.1) is 13.8 Å². The lowest BCUT2D eigenvalue weighted by molar-refractivity contribution is 1.13. The number of aromatic nitrogens is 2. The molecule has 0 atom stereocenters. The van der Waals surface area contributed by atoms with Crippen molar-refractivity contribution in [3.63, 3.8) is 0 Å². The summed E-state index contributed by atoms with van der Waals surface area (Å²) in [6.07, 6.45) is 1.67. The molecule has 0 fully saturated rings. The van der Waals surface area contributed by atoms with E-state index in [0.717, 1.165) is 10.3 Å². The third kappa shape index (κ3) is 3.05. The fourth-order valence-electron chi connectivity index (χ4n) is 0.870. The number of H-pyrrole nitrogens is 1. The molecule has 0 amide bonds. The number of rotatable bonds is 0. The molecule has 1 aromatic rings. The summed E-state index contributed by atoms with van der Waals surface area (Å²) in [5.74, 6) is 0. The Balaban J connectivity index is 3.33. The second-order valence-electron chi connectivity index (χ2n) is 2.63. The van der Waals surface area contributed by atoms with Gasteiger partial charge in [-0.25, -0.2) is 4.98 Å². The monoisotopic (exact) mass is 226 g/mol. The van der Waals surface area contributed by atoms with Crippen LogP contribution in [0.4, 0.5) is 0 Å². The molecule has 12 heavy (non-hydrogen) atoms. The van der Waals surface area contributed by atoms with Gasteiger partial charge < -0.3 is 4.98 Å². The maximum Gasteiger partial charge on any atom is 0.107 e. The van der Waals surface area contributed by atoms with Crippen LogP contribution >= 0.6 is 15.9 Å². The van der Waals surface area contributed by atoms with E-state index >= 15 is 0 Å². The molecule has 0 aliphatic rings. The highest BCUT2D eigenvalue weighted by Gasteiger charge is 1.82. The van der Waals surface area contributed by atoms with Crippen molar-refractivity contribution in [3.05, 3.63) is 40.4 Å². The minimum atomic E-state index is 0.817. The minimum absolute atomic E-state index is 0.817. The van der Waals surface area contributed by atoms with Gasteiger partial charge in [0.1, 0.15) is 4.60 Å². The van der Waals surface area contributed by atoms with Gasteiger partial charge in [-0.1, -0.05) is 6.07 Å². The molecule has 0 aliphatic carbocycles. The van der Waals surface area contributed by atoms with Crippen LogP contribution in [0.1, 0.15) is 11.3 Å².